The van der Waals surface area contributed by atoms with E-state index in [-0.39, 0.29) is 11.8 Å². The van der Waals surface area contributed by atoms with Crippen LogP contribution in [0, 0.1) is 5.92 Å². The summed E-state index contributed by atoms with van der Waals surface area (Å²) < 4.78 is 5.06. The predicted molar refractivity (Wildman–Crippen MR) is 81.4 cm³/mol. The lowest BCUT2D eigenvalue weighted by atomic mass is 10.1. The first-order chi connectivity index (χ1) is 10.2. The average Bonchev–Trinajstić information content (AvgIpc) is 3.29. The Balaban J connectivity index is 1.73. The van der Waals surface area contributed by atoms with Crippen LogP contribution in [0.4, 0.5) is 4.79 Å². The number of hydrogen-bond donors (Lipinski definition) is 2. The maximum Gasteiger partial charge on any atom is 0.317 e. The van der Waals surface area contributed by atoms with Crippen LogP contribution in [0.5, 0.6) is 5.75 Å². The Morgan fingerprint density at radius 3 is 2.71 bits per heavy atom. The van der Waals surface area contributed by atoms with Crippen LogP contribution in [0.2, 0.25) is 0 Å². The molecule has 2 N–H and O–H groups in total. The summed E-state index contributed by atoms with van der Waals surface area (Å²) in [7, 11) is 1.65. The lowest BCUT2D eigenvalue weighted by molar-refractivity contribution is 0.147. The molecule has 5 heteroatoms. The second-order valence-corrected chi connectivity index (χ2v) is 5.53. The summed E-state index contributed by atoms with van der Waals surface area (Å²) >= 11 is 0. The van der Waals surface area contributed by atoms with E-state index in [4.69, 9.17) is 4.74 Å². The average molecular weight is 292 g/mol. The molecular formula is C16H24N2O3. The smallest absolute Gasteiger partial charge is 0.317 e. The molecule has 0 heterocycles. The number of hydrogen-bond acceptors (Lipinski definition) is 3. The molecule has 0 atom stereocenters. The van der Waals surface area contributed by atoms with Gasteiger partial charge in [0.05, 0.1) is 6.61 Å². The normalized spacial score (nSPS) is 14.0. The maximum atomic E-state index is 12.2. The number of carbonyl (C=O) groups is 1. The van der Waals surface area contributed by atoms with Crippen molar-refractivity contribution in [2.75, 3.05) is 33.4 Å². The van der Waals surface area contributed by atoms with Crippen LogP contribution in [0.3, 0.4) is 0 Å². The van der Waals surface area contributed by atoms with Crippen LogP contribution >= 0.6 is 0 Å². The second-order valence-electron chi connectivity index (χ2n) is 5.53. The Bertz CT molecular complexity index is 443. The van der Waals surface area contributed by atoms with E-state index in [1.807, 2.05) is 17.0 Å². The van der Waals surface area contributed by atoms with Gasteiger partial charge in [-0.25, -0.2) is 4.79 Å². The number of carbonyl (C=O) groups excluding carboxylic acids is 1. The zero-order valence-electron chi connectivity index (χ0n) is 12.5. The van der Waals surface area contributed by atoms with Gasteiger partial charge in [-0.1, -0.05) is 12.1 Å². The number of benzene rings is 1. The van der Waals surface area contributed by atoms with E-state index in [0.717, 1.165) is 18.5 Å². The minimum absolute atomic E-state index is 0.0160. The minimum atomic E-state index is -0.0160. The van der Waals surface area contributed by atoms with Crippen molar-refractivity contribution in [2.24, 2.45) is 5.92 Å². The number of rotatable bonds is 8. The Labute approximate surface area is 125 Å². The molecule has 116 valence electrons. The number of amides is 2. The molecule has 0 aliphatic heterocycles. The third-order valence-corrected chi connectivity index (χ3v) is 3.65. The van der Waals surface area contributed by atoms with E-state index in [9.17, 15) is 9.90 Å². The first kappa shape index (κ1) is 15.6. The van der Waals surface area contributed by atoms with Gasteiger partial charge in [0.25, 0.3) is 0 Å². The predicted octanol–water partition coefficient (Wildman–Crippen LogP) is 2.00. The maximum absolute atomic E-state index is 12.2. The summed E-state index contributed by atoms with van der Waals surface area (Å²) in [4.78, 5) is 14.0. The van der Waals surface area contributed by atoms with Crippen molar-refractivity contribution in [1.29, 1.82) is 0 Å². The number of phenolic OH excluding ortho intramolecular Hbond substituents is 1. The van der Waals surface area contributed by atoms with Crippen LogP contribution in [0.15, 0.2) is 24.3 Å². The van der Waals surface area contributed by atoms with Crippen LogP contribution in [0.25, 0.3) is 0 Å². The van der Waals surface area contributed by atoms with E-state index in [1.54, 1.807) is 19.2 Å². The molecule has 0 unspecified atom stereocenters. The monoisotopic (exact) mass is 292 g/mol. The van der Waals surface area contributed by atoms with Gasteiger partial charge in [-0.15, -0.1) is 0 Å². The number of nitrogens with one attached hydrogen (secondary N) is 1. The molecule has 0 saturated heterocycles. The van der Waals surface area contributed by atoms with Crippen molar-refractivity contribution in [2.45, 2.75) is 19.3 Å². The number of aromatic hydroxyl groups is 1. The van der Waals surface area contributed by atoms with Crippen LogP contribution < -0.4 is 5.32 Å². The third-order valence-electron chi connectivity index (χ3n) is 3.65. The van der Waals surface area contributed by atoms with Crippen molar-refractivity contribution in [1.82, 2.24) is 10.2 Å². The second kappa shape index (κ2) is 7.88. The Kier molecular flexibility index (Phi) is 5.87. The van der Waals surface area contributed by atoms with Crippen molar-refractivity contribution < 1.29 is 14.6 Å². The van der Waals surface area contributed by atoms with Crippen molar-refractivity contribution in [3.8, 4) is 5.75 Å². The molecule has 0 spiro atoms. The highest BCUT2D eigenvalue weighted by Gasteiger charge is 2.26. The van der Waals surface area contributed by atoms with Gasteiger partial charge in [0.1, 0.15) is 5.75 Å². The highest BCUT2D eigenvalue weighted by atomic mass is 16.5. The largest absolute Gasteiger partial charge is 0.508 e. The Morgan fingerprint density at radius 2 is 2.10 bits per heavy atom. The molecule has 2 amide bonds. The quantitative estimate of drug-likeness (QED) is 0.770. The molecule has 1 fully saturated rings. The van der Waals surface area contributed by atoms with Crippen molar-refractivity contribution >= 4 is 6.03 Å². The van der Waals surface area contributed by atoms with Crippen LogP contribution in [-0.2, 0) is 11.2 Å². The summed E-state index contributed by atoms with van der Waals surface area (Å²) in [5.41, 5.74) is 1.10. The van der Waals surface area contributed by atoms with Crippen LogP contribution in [0.1, 0.15) is 18.4 Å². The molecule has 1 aromatic carbocycles. The summed E-state index contributed by atoms with van der Waals surface area (Å²) in [5, 5.41) is 12.2. The van der Waals surface area contributed by atoms with Gasteiger partial charge in [0, 0.05) is 26.7 Å². The molecular weight excluding hydrogens is 268 g/mol. The standard InChI is InChI=1S/C16H24N2O3/c1-21-11-10-18(12-14-2-3-14)16(20)17-9-8-13-4-6-15(19)7-5-13/h4-7,14,19H,2-3,8-12H2,1H3,(H,17,20). The van der Waals surface area contributed by atoms with E-state index in [2.05, 4.69) is 5.32 Å². The summed E-state index contributed by atoms with van der Waals surface area (Å²) in [6, 6.07) is 7.05. The highest BCUT2D eigenvalue weighted by molar-refractivity contribution is 5.74. The SMILES string of the molecule is COCCN(CC1CC1)C(=O)NCCc1ccc(O)cc1. The summed E-state index contributed by atoms with van der Waals surface area (Å²) in [6.45, 7) is 2.63. The highest BCUT2D eigenvalue weighted by Crippen LogP contribution is 2.29. The Morgan fingerprint density at radius 1 is 1.38 bits per heavy atom. The number of nitrogens with zero attached hydrogens (tertiary/aromatic N) is 1. The zero-order valence-corrected chi connectivity index (χ0v) is 12.5. The van der Waals surface area contributed by atoms with E-state index < -0.39 is 0 Å². The molecule has 0 bridgehead atoms. The minimum Gasteiger partial charge on any atom is -0.508 e. The molecule has 1 saturated carbocycles. The van der Waals surface area contributed by atoms with Gasteiger partial charge in [-0.05, 0) is 42.9 Å². The van der Waals surface area contributed by atoms with Gasteiger partial charge in [0.2, 0.25) is 0 Å². The fourth-order valence-electron chi connectivity index (χ4n) is 2.18. The topological polar surface area (TPSA) is 61.8 Å². The fourth-order valence-corrected chi connectivity index (χ4v) is 2.18. The fraction of sp³-hybridized carbons (Fsp3) is 0.562. The number of phenols is 1. The lowest BCUT2D eigenvalue weighted by Crippen LogP contribution is -2.43. The molecule has 1 aliphatic rings. The molecule has 2 rings (SSSR count). The third kappa shape index (κ3) is 5.63. The lowest BCUT2D eigenvalue weighted by Gasteiger charge is -2.22. The zero-order chi connectivity index (χ0) is 15.1. The molecule has 5 nitrogen and oxygen atoms in total. The van der Waals surface area contributed by atoms with Crippen molar-refractivity contribution in [3.05, 3.63) is 29.8 Å². The van der Waals surface area contributed by atoms with E-state index in [0.29, 0.717) is 25.6 Å². The van der Waals surface area contributed by atoms with Crippen molar-refractivity contribution in [3.63, 3.8) is 0 Å². The number of methoxy groups -OCH3 is 1. The number of ether oxygens (including phenoxy) is 1. The Hall–Kier alpha value is -1.75. The molecule has 0 aromatic heterocycles. The first-order valence-electron chi connectivity index (χ1n) is 7.48. The molecule has 1 aliphatic carbocycles. The van der Waals surface area contributed by atoms with E-state index in [1.165, 1.54) is 12.8 Å². The molecule has 21 heavy (non-hydrogen) atoms. The van der Waals surface area contributed by atoms with Gasteiger partial charge in [0.15, 0.2) is 0 Å². The number of urea groups is 1. The van der Waals surface area contributed by atoms with Gasteiger partial charge >= 0.3 is 6.03 Å². The first-order valence-corrected chi connectivity index (χ1v) is 7.48. The molecule has 1 aromatic rings. The van der Waals surface area contributed by atoms with Crippen LogP contribution in [-0.4, -0.2) is 49.4 Å². The summed E-state index contributed by atoms with van der Waals surface area (Å²) in [6.07, 6.45) is 3.21. The van der Waals surface area contributed by atoms with E-state index >= 15 is 0 Å². The summed E-state index contributed by atoms with van der Waals surface area (Å²) in [5.74, 6) is 0.933. The molecule has 0 radical (unpaired) electrons. The van der Waals surface area contributed by atoms with Gasteiger partial charge in [-0.2, -0.15) is 0 Å². The van der Waals surface area contributed by atoms with Gasteiger partial charge in [-0.3, -0.25) is 0 Å². The van der Waals surface area contributed by atoms with Gasteiger partial charge < -0.3 is 20.1 Å².